The first-order chi connectivity index (χ1) is 9.26. The molecule has 0 unspecified atom stereocenters. The highest BCUT2D eigenvalue weighted by Crippen LogP contribution is 2.24. The van der Waals surface area contributed by atoms with Crippen LogP contribution in [0, 0.1) is 0 Å². The number of hydrogen-bond donors (Lipinski definition) is 0. The Labute approximate surface area is 114 Å². The summed E-state index contributed by atoms with van der Waals surface area (Å²) in [6.45, 7) is 9.25. The Morgan fingerprint density at radius 1 is 1.00 bits per heavy atom. The first kappa shape index (κ1) is 13.8. The number of rotatable bonds is 6. The molecule has 2 aromatic carbocycles. The smallest absolute Gasteiger partial charge is 0.183 e. The molecule has 2 rings (SSSR count). The Morgan fingerprint density at radius 2 is 1.63 bits per heavy atom. The fraction of sp³-hybridized carbons (Fsp3) is 0.294. The minimum atomic E-state index is -0.365. The van der Waals surface area contributed by atoms with E-state index in [0.29, 0.717) is 13.2 Å². The molecule has 0 saturated heterocycles. The van der Waals surface area contributed by atoms with Gasteiger partial charge in [0, 0.05) is 18.8 Å². The highest BCUT2D eigenvalue weighted by Gasteiger charge is 2.14. The first-order valence-corrected chi connectivity index (χ1v) is 6.67. The zero-order chi connectivity index (χ0) is 13.7. The molecule has 0 amide bonds. The normalized spacial score (nSPS) is 11.1. The summed E-state index contributed by atoms with van der Waals surface area (Å²) in [5.41, 5.74) is 1.93. The van der Waals surface area contributed by atoms with Crippen LogP contribution >= 0.6 is 0 Å². The molecular weight excluding hydrogens is 236 g/mol. The van der Waals surface area contributed by atoms with E-state index in [2.05, 4.69) is 36.9 Å². The zero-order valence-corrected chi connectivity index (χ0v) is 11.6. The van der Waals surface area contributed by atoms with Gasteiger partial charge in [-0.25, -0.2) is 0 Å². The van der Waals surface area contributed by atoms with Gasteiger partial charge in [-0.05, 0) is 36.2 Å². The van der Waals surface area contributed by atoms with Crippen molar-refractivity contribution in [2.75, 3.05) is 13.2 Å². The third-order valence-electron chi connectivity index (χ3n) is 3.04. The highest BCUT2D eigenvalue weighted by atomic mass is 16.7. The Bertz CT molecular complexity index is 554. The fourth-order valence-electron chi connectivity index (χ4n) is 2.08. The van der Waals surface area contributed by atoms with Crippen molar-refractivity contribution in [2.24, 2.45) is 0 Å². The molecule has 2 nitrogen and oxygen atoms in total. The zero-order valence-electron chi connectivity index (χ0n) is 11.6. The summed E-state index contributed by atoms with van der Waals surface area (Å²) in [7, 11) is 0. The van der Waals surface area contributed by atoms with Crippen LogP contribution < -0.4 is 0 Å². The van der Waals surface area contributed by atoms with Crippen LogP contribution in [0.1, 0.15) is 19.4 Å². The van der Waals surface area contributed by atoms with Crippen LogP contribution in [-0.2, 0) is 9.47 Å². The average molecular weight is 256 g/mol. The maximum atomic E-state index is 5.59. The lowest BCUT2D eigenvalue weighted by molar-refractivity contribution is -0.0962. The van der Waals surface area contributed by atoms with Gasteiger partial charge in [-0.3, -0.25) is 0 Å². The minimum Gasteiger partial charge on any atom is -0.349 e. The van der Waals surface area contributed by atoms with E-state index in [0.717, 1.165) is 11.1 Å². The molecule has 0 heterocycles. The van der Waals surface area contributed by atoms with Crippen molar-refractivity contribution in [3.63, 3.8) is 0 Å². The summed E-state index contributed by atoms with van der Waals surface area (Å²) in [6.07, 6.45) is -0.365. The first-order valence-electron chi connectivity index (χ1n) is 6.67. The largest absolute Gasteiger partial charge is 0.349 e. The van der Waals surface area contributed by atoms with Gasteiger partial charge < -0.3 is 9.47 Å². The standard InChI is InChI=1S/C17H20O2/c1-4-18-17(19-5-2)13(3)15-11-10-14-8-6-7-9-16(14)12-15/h6-12,17H,3-5H2,1-2H3. The number of benzene rings is 2. The van der Waals surface area contributed by atoms with Crippen LogP contribution in [0.2, 0.25) is 0 Å². The third-order valence-corrected chi connectivity index (χ3v) is 3.04. The molecule has 0 saturated carbocycles. The number of hydrogen-bond acceptors (Lipinski definition) is 2. The van der Waals surface area contributed by atoms with E-state index < -0.39 is 0 Å². The van der Waals surface area contributed by atoms with Crippen molar-refractivity contribution in [3.8, 4) is 0 Å². The Kier molecular flexibility index (Phi) is 4.72. The quantitative estimate of drug-likeness (QED) is 0.719. The summed E-state index contributed by atoms with van der Waals surface area (Å²) in [5.74, 6) is 0. The van der Waals surface area contributed by atoms with Crippen molar-refractivity contribution in [2.45, 2.75) is 20.1 Å². The van der Waals surface area contributed by atoms with E-state index in [1.54, 1.807) is 0 Å². The van der Waals surface area contributed by atoms with Gasteiger partial charge in [0.1, 0.15) is 0 Å². The van der Waals surface area contributed by atoms with E-state index in [1.807, 2.05) is 26.0 Å². The molecule has 0 spiro atoms. The molecule has 2 heteroatoms. The van der Waals surface area contributed by atoms with Gasteiger partial charge in [0.05, 0.1) is 0 Å². The van der Waals surface area contributed by atoms with Crippen LogP contribution in [0.3, 0.4) is 0 Å². The van der Waals surface area contributed by atoms with Gasteiger partial charge >= 0.3 is 0 Å². The third kappa shape index (κ3) is 3.22. The van der Waals surface area contributed by atoms with Crippen molar-refractivity contribution >= 4 is 16.3 Å². The SMILES string of the molecule is C=C(c1ccc2ccccc2c1)C(OCC)OCC. The maximum absolute atomic E-state index is 5.59. The molecule has 100 valence electrons. The fourth-order valence-corrected chi connectivity index (χ4v) is 2.08. The molecule has 0 aliphatic heterocycles. The summed E-state index contributed by atoms with van der Waals surface area (Å²) < 4.78 is 11.2. The lowest BCUT2D eigenvalue weighted by Crippen LogP contribution is -2.18. The summed E-state index contributed by atoms with van der Waals surface area (Å²) in [4.78, 5) is 0. The van der Waals surface area contributed by atoms with Gasteiger partial charge in [0.15, 0.2) is 6.29 Å². The lowest BCUT2D eigenvalue weighted by atomic mass is 10.0. The Morgan fingerprint density at radius 3 is 2.26 bits per heavy atom. The van der Waals surface area contributed by atoms with E-state index in [4.69, 9.17) is 9.47 Å². The molecule has 2 aromatic rings. The molecule has 0 radical (unpaired) electrons. The van der Waals surface area contributed by atoms with Crippen LogP contribution in [0.25, 0.3) is 16.3 Å². The maximum Gasteiger partial charge on any atom is 0.183 e. The lowest BCUT2D eigenvalue weighted by Gasteiger charge is -2.19. The number of fused-ring (bicyclic) bond motifs is 1. The monoisotopic (exact) mass is 256 g/mol. The van der Waals surface area contributed by atoms with Crippen LogP contribution in [0.15, 0.2) is 49.0 Å². The number of ether oxygens (including phenoxy) is 2. The Balaban J connectivity index is 2.29. The van der Waals surface area contributed by atoms with E-state index in [1.165, 1.54) is 10.8 Å². The van der Waals surface area contributed by atoms with Crippen LogP contribution in [-0.4, -0.2) is 19.5 Å². The van der Waals surface area contributed by atoms with Gasteiger partial charge in [-0.2, -0.15) is 0 Å². The summed E-state index contributed by atoms with van der Waals surface area (Å²) >= 11 is 0. The van der Waals surface area contributed by atoms with Crippen LogP contribution in [0.4, 0.5) is 0 Å². The Hall–Kier alpha value is -1.64. The van der Waals surface area contributed by atoms with Crippen molar-refractivity contribution in [3.05, 3.63) is 54.6 Å². The van der Waals surface area contributed by atoms with Crippen LogP contribution in [0.5, 0.6) is 0 Å². The minimum absolute atomic E-state index is 0.365. The molecule has 0 fully saturated rings. The highest BCUT2D eigenvalue weighted by molar-refractivity contribution is 5.86. The van der Waals surface area contributed by atoms with E-state index in [-0.39, 0.29) is 6.29 Å². The molecule has 0 aromatic heterocycles. The molecule has 0 aliphatic rings. The molecule has 19 heavy (non-hydrogen) atoms. The van der Waals surface area contributed by atoms with Gasteiger partial charge in [0.25, 0.3) is 0 Å². The second-order valence-electron chi connectivity index (χ2n) is 4.33. The van der Waals surface area contributed by atoms with E-state index >= 15 is 0 Å². The molecule has 0 bridgehead atoms. The average Bonchev–Trinajstić information content (AvgIpc) is 2.46. The van der Waals surface area contributed by atoms with E-state index in [9.17, 15) is 0 Å². The van der Waals surface area contributed by atoms with Crippen molar-refractivity contribution in [1.82, 2.24) is 0 Å². The van der Waals surface area contributed by atoms with Gasteiger partial charge in [0.2, 0.25) is 0 Å². The van der Waals surface area contributed by atoms with Crippen molar-refractivity contribution in [1.29, 1.82) is 0 Å². The predicted molar refractivity (Wildman–Crippen MR) is 80.0 cm³/mol. The molecular formula is C17H20O2. The molecule has 0 atom stereocenters. The topological polar surface area (TPSA) is 18.5 Å². The second kappa shape index (κ2) is 6.50. The van der Waals surface area contributed by atoms with Crippen molar-refractivity contribution < 1.29 is 9.47 Å². The summed E-state index contributed by atoms with van der Waals surface area (Å²) in [6, 6.07) is 14.6. The van der Waals surface area contributed by atoms with Gasteiger partial charge in [-0.1, -0.05) is 43.0 Å². The predicted octanol–water partition coefficient (Wildman–Crippen LogP) is 4.25. The second-order valence-corrected chi connectivity index (χ2v) is 4.33. The van der Waals surface area contributed by atoms with Gasteiger partial charge in [-0.15, -0.1) is 0 Å². The molecule has 0 N–H and O–H groups in total. The molecule has 0 aliphatic carbocycles. The summed E-state index contributed by atoms with van der Waals surface area (Å²) in [5, 5.41) is 2.43.